The second-order valence-corrected chi connectivity index (χ2v) is 5.27. The number of carbonyl (C=O) groups excluding carboxylic acids is 2. The first-order valence-corrected chi connectivity index (χ1v) is 7.93. The summed E-state index contributed by atoms with van der Waals surface area (Å²) in [6, 6.07) is 14.6. The molecule has 0 radical (unpaired) electrons. The van der Waals surface area contributed by atoms with Crippen LogP contribution in [0.15, 0.2) is 48.5 Å². The Morgan fingerprint density at radius 1 is 0.962 bits per heavy atom. The van der Waals surface area contributed by atoms with E-state index in [4.69, 9.17) is 14.2 Å². The SMILES string of the molecule is COC(=O)COc1ccc(CNC(=O)OCc2ccccc2)cc1OC. The van der Waals surface area contributed by atoms with Crippen molar-refractivity contribution >= 4 is 12.1 Å². The maximum Gasteiger partial charge on any atom is 0.407 e. The summed E-state index contributed by atoms with van der Waals surface area (Å²) in [7, 11) is 2.78. The molecular formula is C19H21NO6. The minimum absolute atomic E-state index is 0.205. The Labute approximate surface area is 151 Å². The molecule has 0 saturated carbocycles. The van der Waals surface area contributed by atoms with E-state index in [9.17, 15) is 9.59 Å². The summed E-state index contributed by atoms with van der Waals surface area (Å²) < 4.78 is 20.3. The predicted octanol–water partition coefficient (Wildman–Crippen LogP) is 2.67. The number of hydrogen-bond donors (Lipinski definition) is 1. The topological polar surface area (TPSA) is 83.1 Å². The molecule has 0 aliphatic rings. The van der Waals surface area contributed by atoms with Crippen molar-refractivity contribution in [2.45, 2.75) is 13.2 Å². The van der Waals surface area contributed by atoms with Gasteiger partial charge in [0.25, 0.3) is 0 Å². The molecule has 0 spiro atoms. The molecule has 138 valence electrons. The van der Waals surface area contributed by atoms with E-state index in [1.54, 1.807) is 18.2 Å². The molecule has 2 aromatic carbocycles. The molecule has 0 saturated heterocycles. The maximum atomic E-state index is 11.8. The number of rotatable bonds is 8. The number of carbonyl (C=O) groups is 2. The second-order valence-electron chi connectivity index (χ2n) is 5.27. The number of benzene rings is 2. The molecule has 2 rings (SSSR count). The zero-order valence-corrected chi connectivity index (χ0v) is 14.7. The van der Waals surface area contributed by atoms with Crippen LogP contribution in [0.2, 0.25) is 0 Å². The third-order valence-corrected chi connectivity index (χ3v) is 3.45. The van der Waals surface area contributed by atoms with Crippen molar-refractivity contribution in [3.05, 3.63) is 59.7 Å². The van der Waals surface area contributed by atoms with E-state index >= 15 is 0 Å². The van der Waals surface area contributed by atoms with Crippen molar-refractivity contribution in [1.29, 1.82) is 0 Å². The van der Waals surface area contributed by atoms with E-state index in [0.717, 1.165) is 11.1 Å². The van der Waals surface area contributed by atoms with Crippen LogP contribution >= 0.6 is 0 Å². The highest BCUT2D eigenvalue weighted by atomic mass is 16.6. The summed E-state index contributed by atoms with van der Waals surface area (Å²) in [5, 5.41) is 2.67. The lowest BCUT2D eigenvalue weighted by Gasteiger charge is -2.12. The number of amides is 1. The number of esters is 1. The van der Waals surface area contributed by atoms with Crippen LogP contribution in [0, 0.1) is 0 Å². The van der Waals surface area contributed by atoms with E-state index in [1.165, 1.54) is 14.2 Å². The Kier molecular flexibility index (Phi) is 7.30. The number of nitrogens with one attached hydrogen (secondary N) is 1. The number of alkyl carbamates (subject to hydrolysis) is 1. The molecule has 0 atom stereocenters. The Morgan fingerprint density at radius 3 is 2.42 bits per heavy atom. The van der Waals surface area contributed by atoms with Crippen LogP contribution in [-0.4, -0.2) is 32.9 Å². The number of ether oxygens (including phenoxy) is 4. The van der Waals surface area contributed by atoms with Gasteiger partial charge in [-0.1, -0.05) is 36.4 Å². The van der Waals surface area contributed by atoms with E-state index in [-0.39, 0.29) is 19.8 Å². The molecule has 0 heterocycles. The highest BCUT2D eigenvalue weighted by molar-refractivity contribution is 5.71. The first kappa shape index (κ1) is 19.1. The standard InChI is InChI=1S/C19H21NO6/c1-23-17-10-15(8-9-16(17)25-13-18(21)24-2)11-20-19(22)26-12-14-6-4-3-5-7-14/h3-10H,11-13H2,1-2H3,(H,20,22). The molecule has 0 bridgehead atoms. The molecule has 26 heavy (non-hydrogen) atoms. The van der Waals surface area contributed by atoms with Gasteiger partial charge in [0.15, 0.2) is 18.1 Å². The molecule has 2 aromatic rings. The van der Waals surface area contributed by atoms with E-state index < -0.39 is 12.1 Å². The molecule has 0 aromatic heterocycles. The lowest BCUT2D eigenvalue weighted by atomic mass is 10.2. The summed E-state index contributed by atoms with van der Waals surface area (Å²) in [4.78, 5) is 22.9. The van der Waals surface area contributed by atoms with Crippen molar-refractivity contribution < 1.29 is 28.5 Å². The fourth-order valence-corrected chi connectivity index (χ4v) is 2.09. The summed E-state index contributed by atoms with van der Waals surface area (Å²) in [6.07, 6.45) is -0.515. The van der Waals surface area contributed by atoms with Gasteiger partial charge < -0.3 is 24.3 Å². The Morgan fingerprint density at radius 2 is 1.73 bits per heavy atom. The molecular weight excluding hydrogens is 338 g/mol. The van der Waals surface area contributed by atoms with Crippen molar-refractivity contribution in [2.75, 3.05) is 20.8 Å². The molecule has 1 N–H and O–H groups in total. The van der Waals surface area contributed by atoms with Gasteiger partial charge in [0.2, 0.25) is 0 Å². The van der Waals surface area contributed by atoms with Crippen LogP contribution in [0.4, 0.5) is 4.79 Å². The van der Waals surface area contributed by atoms with Gasteiger partial charge in [-0.25, -0.2) is 9.59 Å². The molecule has 7 nitrogen and oxygen atoms in total. The average molecular weight is 359 g/mol. The van der Waals surface area contributed by atoms with Crippen molar-refractivity contribution in [2.24, 2.45) is 0 Å². The van der Waals surface area contributed by atoms with Crippen LogP contribution in [0.1, 0.15) is 11.1 Å². The third-order valence-electron chi connectivity index (χ3n) is 3.45. The minimum Gasteiger partial charge on any atom is -0.493 e. The maximum absolute atomic E-state index is 11.8. The highest BCUT2D eigenvalue weighted by Gasteiger charge is 2.10. The van der Waals surface area contributed by atoms with Crippen LogP contribution < -0.4 is 14.8 Å². The van der Waals surface area contributed by atoms with E-state index in [2.05, 4.69) is 10.1 Å². The minimum atomic E-state index is -0.515. The molecule has 1 amide bonds. The summed E-state index contributed by atoms with van der Waals surface area (Å²) in [5.41, 5.74) is 1.71. The average Bonchev–Trinajstić information content (AvgIpc) is 2.69. The van der Waals surface area contributed by atoms with Gasteiger partial charge in [0, 0.05) is 6.54 Å². The molecule has 0 aliphatic carbocycles. The Hall–Kier alpha value is -3.22. The predicted molar refractivity (Wildman–Crippen MR) is 94.0 cm³/mol. The largest absolute Gasteiger partial charge is 0.493 e. The van der Waals surface area contributed by atoms with Crippen LogP contribution in [0.25, 0.3) is 0 Å². The van der Waals surface area contributed by atoms with Crippen molar-refractivity contribution in [1.82, 2.24) is 5.32 Å². The van der Waals surface area contributed by atoms with Crippen LogP contribution in [0.3, 0.4) is 0 Å². The zero-order chi connectivity index (χ0) is 18.8. The zero-order valence-electron chi connectivity index (χ0n) is 14.7. The van der Waals surface area contributed by atoms with Gasteiger partial charge in [0.05, 0.1) is 14.2 Å². The van der Waals surface area contributed by atoms with Gasteiger partial charge >= 0.3 is 12.1 Å². The Bertz CT molecular complexity index is 732. The fourth-order valence-electron chi connectivity index (χ4n) is 2.09. The third kappa shape index (κ3) is 6.01. The smallest absolute Gasteiger partial charge is 0.407 e. The molecule has 0 fully saturated rings. The van der Waals surface area contributed by atoms with Gasteiger partial charge in [-0.3, -0.25) is 0 Å². The second kappa shape index (κ2) is 9.93. The van der Waals surface area contributed by atoms with E-state index in [0.29, 0.717) is 11.5 Å². The number of methoxy groups -OCH3 is 2. The van der Waals surface area contributed by atoms with Gasteiger partial charge in [-0.15, -0.1) is 0 Å². The summed E-state index contributed by atoms with van der Waals surface area (Å²) >= 11 is 0. The molecule has 0 aliphatic heterocycles. The van der Waals surface area contributed by atoms with Crippen LogP contribution in [0.5, 0.6) is 11.5 Å². The van der Waals surface area contributed by atoms with Crippen molar-refractivity contribution in [3.63, 3.8) is 0 Å². The first-order valence-electron chi connectivity index (χ1n) is 7.93. The monoisotopic (exact) mass is 359 g/mol. The van der Waals surface area contributed by atoms with Gasteiger partial charge in [-0.05, 0) is 23.3 Å². The van der Waals surface area contributed by atoms with Crippen molar-refractivity contribution in [3.8, 4) is 11.5 Å². The van der Waals surface area contributed by atoms with E-state index in [1.807, 2.05) is 30.3 Å². The summed E-state index contributed by atoms with van der Waals surface area (Å²) in [5.74, 6) is 0.373. The highest BCUT2D eigenvalue weighted by Crippen LogP contribution is 2.28. The Balaban J connectivity index is 1.84. The quantitative estimate of drug-likeness (QED) is 0.730. The van der Waals surface area contributed by atoms with Gasteiger partial charge in [-0.2, -0.15) is 0 Å². The van der Waals surface area contributed by atoms with Gasteiger partial charge in [0.1, 0.15) is 6.61 Å². The lowest BCUT2D eigenvalue weighted by molar-refractivity contribution is -0.142. The number of hydrogen-bond acceptors (Lipinski definition) is 6. The van der Waals surface area contributed by atoms with Crippen LogP contribution in [-0.2, 0) is 27.4 Å². The molecule has 7 heteroatoms. The lowest BCUT2D eigenvalue weighted by Crippen LogP contribution is -2.23. The summed E-state index contributed by atoms with van der Waals surface area (Å²) in [6.45, 7) is 0.258. The first-order chi connectivity index (χ1) is 12.6. The fraction of sp³-hybridized carbons (Fsp3) is 0.263. The normalized spacial score (nSPS) is 9.92. The molecule has 0 unspecified atom stereocenters.